The molecule has 0 aliphatic heterocycles. The van der Waals surface area contributed by atoms with Gasteiger partial charge >= 0.3 is 0 Å². The molecule has 1 aromatic rings. The van der Waals surface area contributed by atoms with Crippen LogP contribution in [-0.4, -0.2) is 18.8 Å². The van der Waals surface area contributed by atoms with E-state index in [0.29, 0.717) is 12.5 Å². The molecule has 0 spiro atoms. The molecule has 0 saturated carbocycles. The minimum atomic E-state index is -0.384. The molecule has 0 amide bonds. The Balaban J connectivity index is 2.69. The fourth-order valence-corrected chi connectivity index (χ4v) is 2.06. The zero-order valence-electron chi connectivity index (χ0n) is 10.7. The second-order valence-electron chi connectivity index (χ2n) is 4.67. The van der Waals surface area contributed by atoms with Gasteiger partial charge in [0.05, 0.1) is 6.10 Å². The van der Waals surface area contributed by atoms with Crippen LogP contribution in [0.15, 0.2) is 18.2 Å². The summed E-state index contributed by atoms with van der Waals surface area (Å²) in [5, 5.41) is 10.1. The van der Waals surface area contributed by atoms with Crippen molar-refractivity contribution in [2.24, 2.45) is 5.92 Å². The van der Waals surface area contributed by atoms with Crippen molar-refractivity contribution in [3.05, 3.63) is 34.9 Å². The van der Waals surface area contributed by atoms with Crippen LogP contribution in [0.2, 0.25) is 0 Å². The smallest absolute Gasteiger partial charge is 0.0796 e. The third-order valence-electron chi connectivity index (χ3n) is 2.86. The lowest BCUT2D eigenvalue weighted by molar-refractivity contribution is 0.101. The minimum Gasteiger partial charge on any atom is -0.388 e. The highest BCUT2D eigenvalue weighted by Gasteiger charge is 2.14. The molecule has 0 heterocycles. The molecule has 2 atom stereocenters. The van der Waals surface area contributed by atoms with Gasteiger partial charge in [-0.3, -0.25) is 0 Å². The molecule has 2 nitrogen and oxygen atoms in total. The molecule has 0 aromatic heterocycles. The zero-order chi connectivity index (χ0) is 12.1. The van der Waals surface area contributed by atoms with E-state index in [0.717, 1.165) is 17.5 Å². The fraction of sp³-hybridized carbons (Fsp3) is 0.571. The average Bonchev–Trinajstić information content (AvgIpc) is 2.17. The lowest BCUT2D eigenvalue weighted by Crippen LogP contribution is -2.10. The number of hydrogen-bond acceptors (Lipinski definition) is 2. The van der Waals surface area contributed by atoms with Crippen molar-refractivity contribution in [1.82, 2.24) is 0 Å². The van der Waals surface area contributed by atoms with Crippen molar-refractivity contribution in [2.75, 3.05) is 13.7 Å². The molecule has 2 heteroatoms. The molecule has 0 bridgehead atoms. The molecule has 90 valence electrons. The van der Waals surface area contributed by atoms with Gasteiger partial charge < -0.3 is 9.84 Å². The van der Waals surface area contributed by atoms with Crippen LogP contribution in [0.1, 0.15) is 36.1 Å². The van der Waals surface area contributed by atoms with Gasteiger partial charge in [-0.05, 0) is 37.3 Å². The van der Waals surface area contributed by atoms with Crippen LogP contribution in [-0.2, 0) is 4.74 Å². The van der Waals surface area contributed by atoms with Gasteiger partial charge in [-0.2, -0.15) is 0 Å². The van der Waals surface area contributed by atoms with Gasteiger partial charge in [-0.15, -0.1) is 0 Å². The molecule has 1 rings (SSSR count). The molecule has 1 aromatic carbocycles. The predicted octanol–water partition coefficient (Wildman–Crippen LogP) is 3.01. The topological polar surface area (TPSA) is 29.5 Å². The van der Waals surface area contributed by atoms with E-state index < -0.39 is 0 Å². The summed E-state index contributed by atoms with van der Waals surface area (Å²) >= 11 is 0. The monoisotopic (exact) mass is 222 g/mol. The first-order valence-corrected chi connectivity index (χ1v) is 5.78. The number of rotatable bonds is 5. The lowest BCUT2D eigenvalue weighted by Gasteiger charge is -2.18. The number of aliphatic hydroxyl groups excluding tert-OH is 1. The second-order valence-corrected chi connectivity index (χ2v) is 4.67. The summed E-state index contributed by atoms with van der Waals surface area (Å²) in [6.45, 7) is 6.90. The van der Waals surface area contributed by atoms with Crippen LogP contribution in [0.5, 0.6) is 0 Å². The Kier molecular flexibility index (Phi) is 4.97. The van der Waals surface area contributed by atoms with E-state index in [-0.39, 0.29) is 6.10 Å². The van der Waals surface area contributed by atoms with Gasteiger partial charge in [0.1, 0.15) is 0 Å². The standard InChI is InChI=1S/C14H22O2/c1-10-5-6-13(12(3)7-10)14(15)8-11(2)9-16-4/h5-7,11,14-15H,8-9H2,1-4H3. The van der Waals surface area contributed by atoms with Crippen molar-refractivity contribution >= 4 is 0 Å². The first kappa shape index (κ1) is 13.2. The summed E-state index contributed by atoms with van der Waals surface area (Å²) in [5.74, 6) is 0.376. The summed E-state index contributed by atoms with van der Waals surface area (Å²) in [4.78, 5) is 0. The van der Waals surface area contributed by atoms with Crippen molar-refractivity contribution in [1.29, 1.82) is 0 Å². The van der Waals surface area contributed by atoms with E-state index in [1.165, 1.54) is 5.56 Å². The van der Waals surface area contributed by atoms with Crippen molar-refractivity contribution < 1.29 is 9.84 Å². The van der Waals surface area contributed by atoms with E-state index in [1.54, 1.807) is 7.11 Å². The van der Waals surface area contributed by atoms with E-state index in [1.807, 2.05) is 19.1 Å². The third kappa shape index (κ3) is 3.62. The number of aliphatic hydroxyl groups is 1. The molecule has 0 aliphatic carbocycles. The first-order chi connectivity index (χ1) is 7.54. The summed E-state index contributed by atoms with van der Waals surface area (Å²) in [5.41, 5.74) is 3.43. The number of hydrogen-bond donors (Lipinski definition) is 1. The highest BCUT2D eigenvalue weighted by molar-refractivity contribution is 5.31. The Morgan fingerprint density at radius 1 is 1.31 bits per heavy atom. The molecule has 0 fully saturated rings. The van der Waals surface area contributed by atoms with Gasteiger partial charge in [-0.25, -0.2) is 0 Å². The Labute approximate surface area is 98.3 Å². The molecular formula is C14H22O2. The van der Waals surface area contributed by atoms with Gasteiger partial charge in [0, 0.05) is 13.7 Å². The summed E-state index contributed by atoms with van der Waals surface area (Å²) in [6.07, 6.45) is 0.364. The fourth-order valence-electron chi connectivity index (χ4n) is 2.06. The summed E-state index contributed by atoms with van der Waals surface area (Å²) in [6, 6.07) is 6.18. The van der Waals surface area contributed by atoms with Gasteiger partial charge in [-0.1, -0.05) is 30.7 Å². The average molecular weight is 222 g/mol. The Morgan fingerprint density at radius 2 is 2.00 bits per heavy atom. The maximum atomic E-state index is 10.1. The van der Waals surface area contributed by atoms with Crippen LogP contribution in [0.3, 0.4) is 0 Å². The molecule has 2 unspecified atom stereocenters. The Bertz CT molecular complexity index is 334. The quantitative estimate of drug-likeness (QED) is 0.830. The summed E-state index contributed by atoms with van der Waals surface area (Å²) < 4.78 is 5.08. The van der Waals surface area contributed by atoms with Gasteiger partial charge in [0.25, 0.3) is 0 Å². The normalized spacial score (nSPS) is 14.8. The second kappa shape index (κ2) is 6.02. The third-order valence-corrected chi connectivity index (χ3v) is 2.86. The van der Waals surface area contributed by atoms with E-state index in [4.69, 9.17) is 4.74 Å². The van der Waals surface area contributed by atoms with Crippen LogP contribution in [0.4, 0.5) is 0 Å². The number of methoxy groups -OCH3 is 1. The van der Waals surface area contributed by atoms with E-state index in [2.05, 4.69) is 19.9 Å². The van der Waals surface area contributed by atoms with E-state index in [9.17, 15) is 5.11 Å². The maximum absolute atomic E-state index is 10.1. The zero-order valence-corrected chi connectivity index (χ0v) is 10.7. The van der Waals surface area contributed by atoms with Crippen LogP contribution in [0, 0.1) is 19.8 Å². The number of aryl methyl sites for hydroxylation is 2. The first-order valence-electron chi connectivity index (χ1n) is 5.78. The van der Waals surface area contributed by atoms with Crippen LogP contribution < -0.4 is 0 Å². The number of benzene rings is 1. The van der Waals surface area contributed by atoms with Crippen molar-refractivity contribution in [3.8, 4) is 0 Å². The molecule has 0 saturated heterocycles. The lowest BCUT2D eigenvalue weighted by atomic mass is 9.95. The predicted molar refractivity (Wildman–Crippen MR) is 66.5 cm³/mol. The number of ether oxygens (including phenoxy) is 1. The molecule has 1 N–H and O–H groups in total. The highest BCUT2D eigenvalue weighted by Crippen LogP contribution is 2.24. The van der Waals surface area contributed by atoms with Gasteiger partial charge in [0.15, 0.2) is 0 Å². The van der Waals surface area contributed by atoms with Crippen molar-refractivity contribution in [3.63, 3.8) is 0 Å². The SMILES string of the molecule is COCC(C)CC(O)c1ccc(C)cc1C. The minimum absolute atomic E-state index is 0.376. The van der Waals surface area contributed by atoms with E-state index >= 15 is 0 Å². The van der Waals surface area contributed by atoms with Gasteiger partial charge in [0.2, 0.25) is 0 Å². The Hall–Kier alpha value is -0.860. The summed E-state index contributed by atoms with van der Waals surface area (Å²) in [7, 11) is 1.69. The molecule has 0 aliphatic rings. The largest absolute Gasteiger partial charge is 0.388 e. The molecule has 16 heavy (non-hydrogen) atoms. The molecule has 0 radical (unpaired) electrons. The maximum Gasteiger partial charge on any atom is 0.0796 e. The Morgan fingerprint density at radius 3 is 2.56 bits per heavy atom. The van der Waals surface area contributed by atoms with Crippen LogP contribution >= 0.6 is 0 Å². The van der Waals surface area contributed by atoms with Crippen LogP contribution in [0.25, 0.3) is 0 Å². The molecular weight excluding hydrogens is 200 g/mol. The van der Waals surface area contributed by atoms with Crippen molar-refractivity contribution in [2.45, 2.75) is 33.3 Å². The highest BCUT2D eigenvalue weighted by atomic mass is 16.5.